The smallest absolute Gasteiger partial charge is 0.0597 e. The Kier molecular flexibility index (Phi) is 4.44. The second-order valence-corrected chi connectivity index (χ2v) is 5.69. The zero-order valence-electron chi connectivity index (χ0n) is 12.2. The van der Waals surface area contributed by atoms with Crippen LogP contribution in [0.2, 0.25) is 0 Å². The molecule has 3 unspecified atom stereocenters. The van der Waals surface area contributed by atoms with E-state index in [1.54, 1.807) is 0 Å². The van der Waals surface area contributed by atoms with Crippen molar-refractivity contribution in [1.82, 2.24) is 15.1 Å². The SMILES string of the molecule is CCC1CCC(NCc2cc(C)nn2CC)C1C. The molecule has 1 aromatic rings. The maximum absolute atomic E-state index is 4.50. The van der Waals surface area contributed by atoms with Crippen LogP contribution in [-0.4, -0.2) is 15.8 Å². The average molecular weight is 249 g/mol. The van der Waals surface area contributed by atoms with Crippen molar-refractivity contribution >= 4 is 0 Å². The summed E-state index contributed by atoms with van der Waals surface area (Å²) in [5.74, 6) is 1.73. The van der Waals surface area contributed by atoms with Gasteiger partial charge < -0.3 is 5.32 Å². The van der Waals surface area contributed by atoms with Gasteiger partial charge in [-0.2, -0.15) is 5.10 Å². The Labute approximate surface area is 111 Å². The summed E-state index contributed by atoms with van der Waals surface area (Å²) < 4.78 is 2.11. The highest BCUT2D eigenvalue weighted by atomic mass is 15.3. The maximum atomic E-state index is 4.50. The minimum atomic E-state index is 0.690. The molecular formula is C15H27N3. The fraction of sp³-hybridized carbons (Fsp3) is 0.800. The summed E-state index contributed by atoms with van der Waals surface area (Å²) in [5.41, 5.74) is 2.45. The topological polar surface area (TPSA) is 29.9 Å². The first kappa shape index (κ1) is 13.6. The first-order chi connectivity index (χ1) is 8.65. The highest BCUT2D eigenvalue weighted by molar-refractivity contribution is 5.09. The lowest BCUT2D eigenvalue weighted by molar-refractivity contribution is 0.341. The van der Waals surface area contributed by atoms with E-state index in [2.05, 4.69) is 48.9 Å². The second-order valence-electron chi connectivity index (χ2n) is 5.69. The van der Waals surface area contributed by atoms with Crippen LogP contribution in [0, 0.1) is 18.8 Å². The van der Waals surface area contributed by atoms with Crippen LogP contribution >= 0.6 is 0 Å². The largest absolute Gasteiger partial charge is 0.308 e. The summed E-state index contributed by atoms with van der Waals surface area (Å²) in [6.45, 7) is 10.9. The van der Waals surface area contributed by atoms with Crippen molar-refractivity contribution < 1.29 is 0 Å². The number of rotatable bonds is 5. The quantitative estimate of drug-likeness (QED) is 0.869. The van der Waals surface area contributed by atoms with Crippen LogP contribution in [0.3, 0.4) is 0 Å². The van der Waals surface area contributed by atoms with E-state index in [1.165, 1.54) is 25.0 Å². The van der Waals surface area contributed by atoms with Gasteiger partial charge in [-0.3, -0.25) is 4.68 Å². The maximum Gasteiger partial charge on any atom is 0.0597 e. The van der Waals surface area contributed by atoms with Gasteiger partial charge in [0.05, 0.1) is 11.4 Å². The predicted octanol–water partition coefficient (Wildman–Crippen LogP) is 3.13. The standard InChI is InChI=1S/C15H27N3/c1-5-13-7-8-15(12(13)4)16-10-14-9-11(3)17-18(14)6-2/h9,12-13,15-16H,5-8,10H2,1-4H3. The molecule has 1 N–H and O–H groups in total. The molecule has 0 bridgehead atoms. The van der Waals surface area contributed by atoms with Crippen LogP contribution in [0.5, 0.6) is 0 Å². The number of nitrogens with one attached hydrogen (secondary N) is 1. The molecule has 1 aliphatic carbocycles. The zero-order valence-corrected chi connectivity index (χ0v) is 12.2. The molecule has 1 aliphatic rings. The normalized spacial score (nSPS) is 27.9. The van der Waals surface area contributed by atoms with Crippen LogP contribution in [0.25, 0.3) is 0 Å². The molecule has 1 fully saturated rings. The summed E-state index contributed by atoms with van der Waals surface area (Å²) in [6.07, 6.45) is 4.05. The molecule has 0 aromatic carbocycles. The Morgan fingerprint density at radius 3 is 2.78 bits per heavy atom. The Morgan fingerprint density at radius 1 is 1.39 bits per heavy atom. The van der Waals surface area contributed by atoms with Crippen molar-refractivity contribution in [3.63, 3.8) is 0 Å². The number of hydrogen-bond donors (Lipinski definition) is 1. The summed E-state index contributed by atoms with van der Waals surface area (Å²) in [6, 6.07) is 2.89. The van der Waals surface area contributed by atoms with Gasteiger partial charge in [0, 0.05) is 19.1 Å². The fourth-order valence-electron chi connectivity index (χ4n) is 3.36. The van der Waals surface area contributed by atoms with Gasteiger partial charge in [0.15, 0.2) is 0 Å². The molecule has 0 spiro atoms. The minimum absolute atomic E-state index is 0.690. The van der Waals surface area contributed by atoms with Crippen LogP contribution in [-0.2, 0) is 13.1 Å². The van der Waals surface area contributed by atoms with Gasteiger partial charge in [0.1, 0.15) is 0 Å². The predicted molar refractivity (Wildman–Crippen MR) is 75.4 cm³/mol. The van der Waals surface area contributed by atoms with E-state index in [1.807, 2.05) is 0 Å². The molecule has 1 aromatic heterocycles. The molecule has 3 atom stereocenters. The number of aromatic nitrogens is 2. The third-order valence-corrected chi connectivity index (χ3v) is 4.58. The molecule has 102 valence electrons. The third-order valence-electron chi connectivity index (χ3n) is 4.58. The van der Waals surface area contributed by atoms with Gasteiger partial charge in [0.25, 0.3) is 0 Å². The van der Waals surface area contributed by atoms with Crippen LogP contribution < -0.4 is 5.32 Å². The number of nitrogens with zero attached hydrogens (tertiary/aromatic N) is 2. The molecule has 1 heterocycles. The molecular weight excluding hydrogens is 222 g/mol. The van der Waals surface area contributed by atoms with Crippen molar-refractivity contribution in [3.8, 4) is 0 Å². The van der Waals surface area contributed by atoms with Crippen LogP contribution in [0.15, 0.2) is 6.07 Å². The van der Waals surface area contributed by atoms with E-state index >= 15 is 0 Å². The molecule has 0 radical (unpaired) electrons. The summed E-state index contributed by atoms with van der Waals surface area (Å²) in [5, 5.41) is 8.24. The van der Waals surface area contributed by atoms with Gasteiger partial charge in [0.2, 0.25) is 0 Å². The van der Waals surface area contributed by atoms with Crippen molar-refractivity contribution in [2.24, 2.45) is 11.8 Å². The Morgan fingerprint density at radius 2 is 2.17 bits per heavy atom. The van der Waals surface area contributed by atoms with Gasteiger partial charge >= 0.3 is 0 Å². The zero-order chi connectivity index (χ0) is 13.1. The van der Waals surface area contributed by atoms with E-state index in [0.29, 0.717) is 6.04 Å². The summed E-state index contributed by atoms with van der Waals surface area (Å²) in [7, 11) is 0. The van der Waals surface area contributed by atoms with E-state index in [0.717, 1.165) is 30.6 Å². The fourth-order valence-corrected chi connectivity index (χ4v) is 3.36. The van der Waals surface area contributed by atoms with Gasteiger partial charge in [-0.1, -0.05) is 20.3 Å². The Hall–Kier alpha value is -0.830. The van der Waals surface area contributed by atoms with Crippen molar-refractivity contribution in [1.29, 1.82) is 0 Å². The Balaban J connectivity index is 1.91. The average Bonchev–Trinajstić information content (AvgIpc) is 2.89. The van der Waals surface area contributed by atoms with Crippen molar-refractivity contribution in [2.45, 2.75) is 66.1 Å². The highest BCUT2D eigenvalue weighted by Crippen LogP contribution is 2.33. The van der Waals surface area contributed by atoms with E-state index in [-0.39, 0.29) is 0 Å². The third kappa shape index (κ3) is 2.77. The summed E-state index contributed by atoms with van der Waals surface area (Å²) in [4.78, 5) is 0. The monoisotopic (exact) mass is 249 g/mol. The van der Waals surface area contributed by atoms with Crippen LogP contribution in [0.4, 0.5) is 0 Å². The number of aryl methyl sites for hydroxylation is 2. The molecule has 1 saturated carbocycles. The van der Waals surface area contributed by atoms with Crippen molar-refractivity contribution in [2.75, 3.05) is 0 Å². The van der Waals surface area contributed by atoms with Gasteiger partial charge in [-0.25, -0.2) is 0 Å². The first-order valence-corrected chi connectivity index (χ1v) is 7.42. The first-order valence-electron chi connectivity index (χ1n) is 7.42. The van der Waals surface area contributed by atoms with Crippen LogP contribution in [0.1, 0.15) is 51.4 Å². The van der Waals surface area contributed by atoms with E-state index < -0.39 is 0 Å². The lowest BCUT2D eigenvalue weighted by Crippen LogP contribution is -2.32. The van der Waals surface area contributed by atoms with E-state index in [4.69, 9.17) is 0 Å². The second kappa shape index (κ2) is 5.87. The number of hydrogen-bond acceptors (Lipinski definition) is 2. The molecule has 3 nitrogen and oxygen atoms in total. The van der Waals surface area contributed by atoms with E-state index in [9.17, 15) is 0 Å². The molecule has 3 heteroatoms. The molecule has 0 saturated heterocycles. The summed E-state index contributed by atoms with van der Waals surface area (Å²) >= 11 is 0. The molecule has 2 rings (SSSR count). The lowest BCUT2D eigenvalue weighted by Gasteiger charge is -2.21. The van der Waals surface area contributed by atoms with Gasteiger partial charge in [-0.05, 0) is 44.6 Å². The van der Waals surface area contributed by atoms with Gasteiger partial charge in [-0.15, -0.1) is 0 Å². The molecule has 0 amide bonds. The minimum Gasteiger partial charge on any atom is -0.308 e. The molecule has 18 heavy (non-hydrogen) atoms. The Bertz CT molecular complexity index is 383. The van der Waals surface area contributed by atoms with Crippen molar-refractivity contribution in [3.05, 3.63) is 17.5 Å². The lowest BCUT2D eigenvalue weighted by atomic mass is 9.93. The molecule has 0 aliphatic heterocycles. The highest BCUT2D eigenvalue weighted by Gasteiger charge is 2.31.